The molecule has 0 aromatic heterocycles. The smallest absolute Gasteiger partial charge is 0.165 e. The van der Waals surface area contributed by atoms with Crippen LogP contribution in [0.4, 0.5) is 0 Å². The Balaban J connectivity index is 2.08. The van der Waals surface area contributed by atoms with Gasteiger partial charge in [0, 0.05) is 30.2 Å². The molecule has 1 aliphatic carbocycles. The number of hydrogen-bond donors (Lipinski definition) is 2. The predicted molar refractivity (Wildman–Crippen MR) is 79.2 cm³/mol. The molecule has 4 nitrogen and oxygen atoms in total. The summed E-state index contributed by atoms with van der Waals surface area (Å²) in [6, 6.07) is 6.26. The second-order valence-corrected chi connectivity index (χ2v) is 5.79. The number of methoxy groups -OCH3 is 2. The molecule has 112 valence electrons. The van der Waals surface area contributed by atoms with Crippen LogP contribution in [0.2, 0.25) is 0 Å². The number of aliphatic hydroxyl groups excluding tert-OH is 1. The van der Waals surface area contributed by atoms with Gasteiger partial charge in [-0.15, -0.1) is 0 Å². The van der Waals surface area contributed by atoms with Gasteiger partial charge in [0.05, 0.1) is 14.2 Å². The van der Waals surface area contributed by atoms with Gasteiger partial charge in [-0.3, -0.25) is 0 Å². The minimum absolute atomic E-state index is 0.00784. The average molecular weight is 279 g/mol. The molecule has 2 rings (SSSR count). The van der Waals surface area contributed by atoms with Crippen LogP contribution in [0, 0.1) is 5.41 Å². The summed E-state index contributed by atoms with van der Waals surface area (Å²) in [6.45, 7) is 3.11. The van der Waals surface area contributed by atoms with Crippen molar-refractivity contribution in [3.8, 4) is 11.5 Å². The first-order valence-corrected chi connectivity index (χ1v) is 7.18. The molecule has 0 saturated heterocycles. The third-order valence-electron chi connectivity index (χ3n) is 4.47. The molecule has 0 heterocycles. The largest absolute Gasteiger partial charge is 0.493 e. The van der Waals surface area contributed by atoms with Gasteiger partial charge in [0.2, 0.25) is 0 Å². The van der Waals surface area contributed by atoms with E-state index in [0.29, 0.717) is 6.04 Å². The van der Waals surface area contributed by atoms with Gasteiger partial charge in [0.25, 0.3) is 0 Å². The van der Waals surface area contributed by atoms with Gasteiger partial charge in [0.1, 0.15) is 0 Å². The van der Waals surface area contributed by atoms with Crippen LogP contribution in [-0.2, 0) is 6.54 Å². The van der Waals surface area contributed by atoms with E-state index in [1.54, 1.807) is 14.2 Å². The van der Waals surface area contributed by atoms with E-state index >= 15 is 0 Å². The third-order valence-corrected chi connectivity index (χ3v) is 4.47. The van der Waals surface area contributed by atoms with Crippen LogP contribution >= 0.6 is 0 Å². The Morgan fingerprint density at radius 1 is 1.35 bits per heavy atom. The zero-order valence-electron chi connectivity index (χ0n) is 12.6. The van der Waals surface area contributed by atoms with Crippen LogP contribution in [0.25, 0.3) is 0 Å². The van der Waals surface area contributed by atoms with Gasteiger partial charge < -0.3 is 19.9 Å². The fourth-order valence-electron chi connectivity index (χ4n) is 3.10. The fraction of sp³-hybridized carbons (Fsp3) is 0.625. The second-order valence-electron chi connectivity index (χ2n) is 5.79. The van der Waals surface area contributed by atoms with Crippen molar-refractivity contribution in [1.29, 1.82) is 0 Å². The van der Waals surface area contributed by atoms with Gasteiger partial charge in [0.15, 0.2) is 11.5 Å². The Kier molecular flexibility index (Phi) is 4.89. The SMILES string of the molecule is COc1cccc(CNC2CCCC2(C)CO)c1OC. The first-order chi connectivity index (χ1) is 9.64. The molecule has 0 amide bonds. The van der Waals surface area contributed by atoms with Crippen LogP contribution in [0.15, 0.2) is 18.2 Å². The molecule has 1 fully saturated rings. The Bertz CT molecular complexity index is 449. The standard InChI is InChI=1S/C16H25NO3/c1-16(11-18)9-5-8-14(16)17-10-12-6-4-7-13(19-2)15(12)20-3/h4,6-7,14,17-18H,5,8-11H2,1-3H3. The van der Waals surface area contributed by atoms with E-state index in [1.807, 2.05) is 18.2 Å². The van der Waals surface area contributed by atoms with Crippen LogP contribution in [0.3, 0.4) is 0 Å². The van der Waals surface area contributed by atoms with Crippen LogP contribution in [0.5, 0.6) is 11.5 Å². The molecule has 2 unspecified atom stereocenters. The molecular weight excluding hydrogens is 254 g/mol. The van der Waals surface area contributed by atoms with Crippen molar-refractivity contribution < 1.29 is 14.6 Å². The highest BCUT2D eigenvalue weighted by Crippen LogP contribution is 2.38. The number of benzene rings is 1. The number of aliphatic hydroxyl groups is 1. The number of nitrogens with one attached hydrogen (secondary N) is 1. The Morgan fingerprint density at radius 3 is 2.80 bits per heavy atom. The van der Waals surface area contributed by atoms with Crippen molar-refractivity contribution >= 4 is 0 Å². The molecule has 1 saturated carbocycles. The molecule has 1 aliphatic rings. The van der Waals surface area contributed by atoms with E-state index in [2.05, 4.69) is 12.2 Å². The molecule has 0 radical (unpaired) electrons. The van der Waals surface area contributed by atoms with E-state index < -0.39 is 0 Å². The molecule has 0 spiro atoms. The van der Waals surface area contributed by atoms with Crippen LogP contribution in [0.1, 0.15) is 31.7 Å². The molecule has 1 aromatic rings. The lowest BCUT2D eigenvalue weighted by Crippen LogP contribution is -2.41. The monoisotopic (exact) mass is 279 g/mol. The van der Waals surface area contributed by atoms with Crippen molar-refractivity contribution in [1.82, 2.24) is 5.32 Å². The van der Waals surface area contributed by atoms with Crippen LogP contribution < -0.4 is 14.8 Å². The Morgan fingerprint density at radius 2 is 2.15 bits per heavy atom. The van der Waals surface area contributed by atoms with Crippen molar-refractivity contribution in [3.63, 3.8) is 0 Å². The first kappa shape index (κ1) is 15.1. The van der Waals surface area contributed by atoms with Gasteiger partial charge in [-0.2, -0.15) is 0 Å². The lowest BCUT2D eigenvalue weighted by atomic mass is 9.85. The summed E-state index contributed by atoms with van der Waals surface area (Å²) in [7, 11) is 3.31. The highest BCUT2D eigenvalue weighted by Gasteiger charge is 2.37. The first-order valence-electron chi connectivity index (χ1n) is 7.18. The summed E-state index contributed by atoms with van der Waals surface area (Å²) < 4.78 is 10.8. The third kappa shape index (κ3) is 2.91. The van der Waals surface area contributed by atoms with Crippen molar-refractivity contribution in [3.05, 3.63) is 23.8 Å². The zero-order chi connectivity index (χ0) is 14.6. The predicted octanol–water partition coefficient (Wildman–Crippen LogP) is 2.34. The van der Waals surface area contributed by atoms with Crippen molar-refractivity contribution in [2.45, 2.75) is 38.8 Å². The molecular formula is C16H25NO3. The number of hydrogen-bond acceptors (Lipinski definition) is 4. The average Bonchev–Trinajstić information content (AvgIpc) is 2.86. The molecule has 0 bridgehead atoms. The molecule has 0 aliphatic heterocycles. The topological polar surface area (TPSA) is 50.7 Å². The van der Waals surface area contributed by atoms with E-state index in [4.69, 9.17) is 9.47 Å². The van der Waals surface area contributed by atoms with Gasteiger partial charge in [-0.05, 0) is 18.9 Å². The van der Waals surface area contributed by atoms with E-state index in [-0.39, 0.29) is 12.0 Å². The maximum Gasteiger partial charge on any atom is 0.165 e. The highest BCUT2D eigenvalue weighted by molar-refractivity contribution is 5.46. The number of ether oxygens (including phenoxy) is 2. The lowest BCUT2D eigenvalue weighted by Gasteiger charge is -2.30. The summed E-state index contributed by atoms with van der Waals surface area (Å²) >= 11 is 0. The van der Waals surface area contributed by atoms with E-state index in [1.165, 1.54) is 6.42 Å². The maximum atomic E-state index is 9.59. The fourth-order valence-corrected chi connectivity index (χ4v) is 3.10. The molecule has 4 heteroatoms. The van der Waals surface area contributed by atoms with Crippen LogP contribution in [-0.4, -0.2) is 32.0 Å². The second kappa shape index (κ2) is 6.46. The minimum Gasteiger partial charge on any atom is -0.493 e. The summed E-state index contributed by atoms with van der Waals surface area (Å²) in [5.41, 5.74) is 1.07. The van der Waals surface area contributed by atoms with Crippen molar-refractivity contribution in [2.24, 2.45) is 5.41 Å². The van der Waals surface area contributed by atoms with Gasteiger partial charge >= 0.3 is 0 Å². The van der Waals surface area contributed by atoms with Crippen molar-refractivity contribution in [2.75, 3.05) is 20.8 Å². The van der Waals surface area contributed by atoms with Gasteiger partial charge in [-0.25, -0.2) is 0 Å². The molecule has 2 N–H and O–H groups in total. The number of rotatable bonds is 6. The molecule has 1 aromatic carbocycles. The van der Waals surface area contributed by atoms with Gasteiger partial charge in [-0.1, -0.05) is 25.5 Å². The summed E-state index contributed by atoms with van der Waals surface area (Å²) in [5, 5.41) is 13.2. The summed E-state index contributed by atoms with van der Waals surface area (Å²) in [5.74, 6) is 1.54. The normalized spacial score (nSPS) is 25.7. The Hall–Kier alpha value is -1.26. The molecule has 20 heavy (non-hydrogen) atoms. The summed E-state index contributed by atoms with van der Waals surface area (Å²) in [6.07, 6.45) is 3.36. The van der Waals surface area contributed by atoms with E-state index in [9.17, 15) is 5.11 Å². The molecule has 2 atom stereocenters. The van der Waals surface area contributed by atoms with E-state index in [0.717, 1.165) is 36.4 Å². The quantitative estimate of drug-likeness (QED) is 0.839. The Labute approximate surface area is 121 Å². The highest BCUT2D eigenvalue weighted by atomic mass is 16.5. The number of para-hydroxylation sites is 1. The lowest BCUT2D eigenvalue weighted by molar-refractivity contribution is 0.118. The minimum atomic E-state index is -0.00784. The zero-order valence-corrected chi connectivity index (χ0v) is 12.6. The maximum absolute atomic E-state index is 9.59. The summed E-state index contributed by atoms with van der Waals surface area (Å²) in [4.78, 5) is 0.